The second-order valence-electron chi connectivity index (χ2n) is 5.17. The molecule has 0 saturated carbocycles. The number of rotatable bonds is 4. The Morgan fingerprint density at radius 2 is 2.09 bits per heavy atom. The van der Waals surface area contributed by atoms with Gasteiger partial charge in [-0.2, -0.15) is 0 Å². The average molecular weight is 316 g/mol. The highest BCUT2D eigenvalue weighted by Gasteiger charge is 2.21. The van der Waals surface area contributed by atoms with Gasteiger partial charge in [-0.3, -0.25) is 9.36 Å². The zero-order valence-electron chi connectivity index (χ0n) is 12.7. The minimum atomic E-state index is -0.870. The SMILES string of the molecule is COC/C=C\C(C)n1c(=O)n(O)c(=O)c2oc3ccccc3c21. The summed E-state index contributed by atoms with van der Waals surface area (Å²) in [7, 11) is 1.57. The van der Waals surface area contributed by atoms with E-state index in [1.165, 1.54) is 4.57 Å². The van der Waals surface area contributed by atoms with Crippen molar-refractivity contribution in [2.75, 3.05) is 13.7 Å². The molecule has 0 radical (unpaired) electrons. The normalized spacial score (nSPS) is 13.3. The monoisotopic (exact) mass is 316 g/mol. The molecule has 0 aliphatic heterocycles. The highest BCUT2D eigenvalue weighted by Crippen LogP contribution is 2.27. The highest BCUT2D eigenvalue weighted by molar-refractivity contribution is 6.02. The van der Waals surface area contributed by atoms with Gasteiger partial charge in [0.2, 0.25) is 5.58 Å². The molecule has 7 heteroatoms. The van der Waals surface area contributed by atoms with E-state index >= 15 is 0 Å². The predicted molar refractivity (Wildman–Crippen MR) is 85.2 cm³/mol. The molecule has 0 spiro atoms. The van der Waals surface area contributed by atoms with Crippen LogP contribution >= 0.6 is 0 Å². The van der Waals surface area contributed by atoms with Gasteiger partial charge in [-0.05, 0) is 19.1 Å². The Morgan fingerprint density at radius 1 is 1.35 bits per heavy atom. The molecule has 2 heterocycles. The quantitative estimate of drug-likeness (QED) is 0.587. The topological polar surface area (TPSA) is 86.6 Å². The first kappa shape index (κ1) is 15.1. The fraction of sp³-hybridized carbons (Fsp3) is 0.250. The van der Waals surface area contributed by atoms with E-state index in [0.717, 1.165) is 0 Å². The third-order valence-electron chi connectivity index (χ3n) is 3.67. The first-order chi connectivity index (χ1) is 11.1. The average Bonchev–Trinajstić information content (AvgIpc) is 2.93. The van der Waals surface area contributed by atoms with E-state index in [-0.39, 0.29) is 10.3 Å². The Morgan fingerprint density at radius 3 is 2.83 bits per heavy atom. The lowest BCUT2D eigenvalue weighted by atomic mass is 10.2. The Balaban J connectivity index is 2.39. The Kier molecular flexibility index (Phi) is 3.79. The maximum Gasteiger partial charge on any atom is 0.365 e. The number of para-hydroxylation sites is 1. The van der Waals surface area contributed by atoms with Crippen LogP contribution in [0.2, 0.25) is 0 Å². The van der Waals surface area contributed by atoms with Gasteiger partial charge in [0.15, 0.2) is 0 Å². The number of aromatic nitrogens is 2. The van der Waals surface area contributed by atoms with Crippen molar-refractivity contribution in [2.45, 2.75) is 13.0 Å². The molecule has 0 fully saturated rings. The Labute approximate surface area is 130 Å². The Hall–Kier alpha value is -2.80. The van der Waals surface area contributed by atoms with Crippen LogP contribution in [0.5, 0.6) is 0 Å². The standard InChI is InChI=1S/C16H16N2O5/c1-10(6-5-9-22-2)17-13-11-7-3-4-8-12(11)23-14(13)15(19)18(21)16(17)20/h3-8,10,21H,9H2,1-2H3/b6-5-. The number of hydrogen-bond acceptors (Lipinski definition) is 5. The summed E-state index contributed by atoms with van der Waals surface area (Å²) in [4.78, 5) is 24.5. The molecule has 2 aromatic heterocycles. The van der Waals surface area contributed by atoms with E-state index in [1.54, 1.807) is 50.5 Å². The van der Waals surface area contributed by atoms with Gasteiger partial charge in [0, 0.05) is 12.5 Å². The molecule has 0 saturated heterocycles. The molecule has 23 heavy (non-hydrogen) atoms. The van der Waals surface area contributed by atoms with Gasteiger partial charge in [-0.1, -0.05) is 29.0 Å². The van der Waals surface area contributed by atoms with Crippen LogP contribution in [0.4, 0.5) is 0 Å². The number of nitrogens with zero attached hydrogens (tertiary/aromatic N) is 2. The van der Waals surface area contributed by atoms with Gasteiger partial charge in [-0.15, -0.1) is 0 Å². The summed E-state index contributed by atoms with van der Waals surface area (Å²) >= 11 is 0. The molecule has 0 bridgehead atoms. The van der Waals surface area contributed by atoms with Crippen LogP contribution in [0, 0.1) is 0 Å². The molecule has 3 rings (SSSR count). The molecule has 7 nitrogen and oxygen atoms in total. The van der Waals surface area contributed by atoms with Crippen molar-refractivity contribution in [3.05, 3.63) is 57.3 Å². The maximum absolute atomic E-state index is 12.4. The summed E-state index contributed by atoms with van der Waals surface area (Å²) in [5.74, 6) is 0. The van der Waals surface area contributed by atoms with Crippen molar-refractivity contribution in [1.82, 2.24) is 9.30 Å². The van der Waals surface area contributed by atoms with E-state index in [1.807, 2.05) is 0 Å². The largest absolute Gasteiger partial charge is 0.448 e. The van der Waals surface area contributed by atoms with Crippen molar-refractivity contribution in [2.24, 2.45) is 0 Å². The van der Waals surface area contributed by atoms with Gasteiger partial charge >= 0.3 is 11.2 Å². The van der Waals surface area contributed by atoms with Gasteiger partial charge in [0.1, 0.15) is 11.1 Å². The van der Waals surface area contributed by atoms with Crippen LogP contribution in [-0.2, 0) is 4.74 Å². The summed E-state index contributed by atoms with van der Waals surface area (Å²) in [5, 5.41) is 10.4. The van der Waals surface area contributed by atoms with Crippen molar-refractivity contribution in [1.29, 1.82) is 0 Å². The zero-order valence-corrected chi connectivity index (χ0v) is 12.7. The van der Waals surface area contributed by atoms with E-state index in [4.69, 9.17) is 9.15 Å². The van der Waals surface area contributed by atoms with Crippen molar-refractivity contribution < 1.29 is 14.4 Å². The van der Waals surface area contributed by atoms with Gasteiger partial charge in [0.25, 0.3) is 0 Å². The number of methoxy groups -OCH3 is 1. The molecular formula is C16H16N2O5. The lowest BCUT2D eigenvalue weighted by Crippen LogP contribution is -2.39. The fourth-order valence-corrected chi connectivity index (χ4v) is 2.61. The van der Waals surface area contributed by atoms with Crippen LogP contribution in [0.25, 0.3) is 22.1 Å². The molecule has 3 aromatic rings. The second-order valence-corrected chi connectivity index (χ2v) is 5.17. The third kappa shape index (κ3) is 2.35. The molecule has 0 aliphatic carbocycles. The maximum atomic E-state index is 12.4. The molecule has 1 unspecified atom stereocenters. The number of fused-ring (bicyclic) bond motifs is 3. The Bertz CT molecular complexity index is 1010. The summed E-state index contributed by atoms with van der Waals surface area (Å²) in [6, 6.07) is 6.63. The van der Waals surface area contributed by atoms with E-state index in [2.05, 4.69) is 0 Å². The zero-order chi connectivity index (χ0) is 16.6. The van der Waals surface area contributed by atoms with E-state index in [9.17, 15) is 14.8 Å². The summed E-state index contributed by atoms with van der Waals surface area (Å²) in [6.07, 6.45) is 3.52. The molecule has 120 valence electrons. The first-order valence-electron chi connectivity index (χ1n) is 7.10. The number of hydrogen-bond donors (Lipinski definition) is 1. The second kappa shape index (κ2) is 5.77. The molecule has 0 amide bonds. The highest BCUT2D eigenvalue weighted by atomic mass is 16.5. The molecule has 1 atom stereocenters. The van der Waals surface area contributed by atoms with Crippen LogP contribution in [-0.4, -0.2) is 28.2 Å². The molecular weight excluding hydrogens is 300 g/mol. The minimum absolute atomic E-state index is 0.0553. The summed E-state index contributed by atoms with van der Waals surface area (Å²) in [5.41, 5.74) is -0.892. The lowest BCUT2D eigenvalue weighted by molar-refractivity contribution is 0.155. The van der Waals surface area contributed by atoms with Gasteiger partial charge < -0.3 is 14.4 Å². The van der Waals surface area contributed by atoms with E-state index in [0.29, 0.717) is 23.1 Å². The number of benzene rings is 1. The predicted octanol–water partition coefficient (Wildman–Crippen LogP) is 1.91. The van der Waals surface area contributed by atoms with Crippen LogP contribution < -0.4 is 11.2 Å². The molecule has 0 aliphatic rings. The number of furan rings is 1. The third-order valence-corrected chi connectivity index (χ3v) is 3.67. The van der Waals surface area contributed by atoms with E-state index < -0.39 is 17.3 Å². The van der Waals surface area contributed by atoms with Crippen LogP contribution in [0.1, 0.15) is 13.0 Å². The van der Waals surface area contributed by atoms with Crippen LogP contribution in [0.15, 0.2) is 50.4 Å². The summed E-state index contributed by atoms with van der Waals surface area (Å²) < 4.78 is 11.9. The number of ether oxygens (including phenoxy) is 1. The van der Waals surface area contributed by atoms with Crippen molar-refractivity contribution >= 4 is 22.1 Å². The molecule has 1 aromatic carbocycles. The van der Waals surface area contributed by atoms with Gasteiger partial charge in [-0.25, -0.2) is 4.79 Å². The minimum Gasteiger partial charge on any atom is -0.448 e. The van der Waals surface area contributed by atoms with Crippen molar-refractivity contribution in [3.63, 3.8) is 0 Å². The first-order valence-corrected chi connectivity index (χ1v) is 7.10. The van der Waals surface area contributed by atoms with Gasteiger partial charge in [0.05, 0.1) is 12.6 Å². The lowest BCUT2D eigenvalue weighted by Gasteiger charge is -2.13. The number of allylic oxidation sites excluding steroid dienone is 1. The smallest absolute Gasteiger partial charge is 0.365 e. The summed E-state index contributed by atoms with van der Waals surface area (Å²) in [6.45, 7) is 2.17. The van der Waals surface area contributed by atoms with Crippen LogP contribution in [0.3, 0.4) is 0 Å². The molecule has 1 N–H and O–H groups in total. The fourth-order valence-electron chi connectivity index (χ4n) is 2.61. The van der Waals surface area contributed by atoms with Crippen molar-refractivity contribution in [3.8, 4) is 0 Å².